The van der Waals surface area contributed by atoms with E-state index in [1.807, 2.05) is 38.1 Å². The number of rotatable bonds is 7. The van der Waals surface area contributed by atoms with Crippen molar-refractivity contribution in [2.24, 2.45) is 0 Å². The molecular weight excluding hydrogens is 254 g/mol. The number of aryl methyl sites for hydroxylation is 1. The van der Waals surface area contributed by atoms with Crippen LogP contribution in [0, 0.1) is 13.8 Å². The van der Waals surface area contributed by atoms with Crippen LogP contribution in [-0.4, -0.2) is 51.3 Å². The molecule has 0 atom stereocenters. The van der Waals surface area contributed by atoms with Gasteiger partial charge in [-0.25, -0.2) is 4.79 Å². The Kier molecular flexibility index (Phi) is 6.87. The number of benzene rings is 1. The van der Waals surface area contributed by atoms with E-state index in [0.717, 1.165) is 17.9 Å². The van der Waals surface area contributed by atoms with Crippen LogP contribution in [0.4, 0.5) is 4.79 Å². The third-order valence-electron chi connectivity index (χ3n) is 3.04. The first kappa shape index (κ1) is 16.3. The van der Waals surface area contributed by atoms with Crippen LogP contribution < -0.4 is 15.4 Å². The third kappa shape index (κ3) is 5.93. The SMILES string of the molecule is Cc1cccc(OCCNC(=O)NCCN(C)C)c1C. The first-order valence-corrected chi connectivity index (χ1v) is 6.86. The molecule has 0 spiro atoms. The highest BCUT2D eigenvalue weighted by Gasteiger charge is 2.02. The number of ether oxygens (including phenoxy) is 1. The summed E-state index contributed by atoms with van der Waals surface area (Å²) in [5, 5.41) is 5.55. The highest BCUT2D eigenvalue weighted by Crippen LogP contribution is 2.20. The number of carbonyl (C=O) groups excluding carboxylic acids is 1. The van der Waals surface area contributed by atoms with Gasteiger partial charge in [-0.2, -0.15) is 0 Å². The van der Waals surface area contributed by atoms with Crippen LogP contribution in [0.5, 0.6) is 5.75 Å². The molecule has 0 aromatic heterocycles. The molecule has 2 amide bonds. The molecule has 2 N–H and O–H groups in total. The van der Waals surface area contributed by atoms with Crippen LogP contribution in [0.1, 0.15) is 11.1 Å². The van der Waals surface area contributed by atoms with Gasteiger partial charge >= 0.3 is 6.03 Å². The zero-order valence-corrected chi connectivity index (χ0v) is 12.8. The number of likely N-dealkylation sites (N-methyl/N-ethyl adjacent to an activating group) is 1. The maximum Gasteiger partial charge on any atom is 0.314 e. The van der Waals surface area contributed by atoms with Gasteiger partial charge in [0.15, 0.2) is 0 Å². The first-order chi connectivity index (χ1) is 9.50. The Balaban J connectivity index is 2.18. The van der Waals surface area contributed by atoms with Gasteiger partial charge < -0.3 is 20.3 Å². The fraction of sp³-hybridized carbons (Fsp3) is 0.533. The van der Waals surface area contributed by atoms with E-state index in [0.29, 0.717) is 19.7 Å². The van der Waals surface area contributed by atoms with Crippen LogP contribution in [0.2, 0.25) is 0 Å². The summed E-state index contributed by atoms with van der Waals surface area (Å²) >= 11 is 0. The van der Waals surface area contributed by atoms with Crippen LogP contribution >= 0.6 is 0 Å². The molecule has 1 rings (SSSR count). The quantitative estimate of drug-likeness (QED) is 0.745. The summed E-state index contributed by atoms with van der Waals surface area (Å²) in [5.74, 6) is 0.875. The molecule has 0 saturated carbocycles. The number of hydrogen-bond acceptors (Lipinski definition) is 3. The smallest absolute Gasteiger partial charge is 0.314 e. The molecule has 0 bridgehead atoms. The van der Waals surface area contributed by atoms with Crippen molar-refractivity contribution in [3.05, 3.63) is 29.3 Å². The van der Waals surface area contributed by atoms with Crippen molar-refractivity contribution in [2.45, 2.75) is 13.8 Å². The second-order valence-electron chi connectivity index (χ2n) is 5.03. The summed E-state index contributed by atoms with van der Waals surface area (Å²) in [6.45, 7) is 6.50. The highest BCUT2D eigenvalue weighted by molar-refractivity contribution is 5.73. The molecule has 20 heavy (non-hydrogen) atoms. The van der Waals surface area contributed by atoms with E-state index in [1.165, 1.54) is 5.56 Å². The van der Waals surface area contributed by atoms with Gasteiger partial charge in [0.1, 0.15) is 12.4 Å². The standard InChI is InChI=1S/C15H25N3O2/c1-12-6-5-7-14(13(12)2)20-11-9-17-15(19)16-8-10-18(3)4/h5-7H,8-11H2,1-4H3,(H2,16,17,19). The molecule has 0 fully saturated rings. The number of nitrogens with zero attached hydrogens (tertiary/aromatic N) is 1. The maximum atomic E-state index is 11.5. The van der Waals surface area contributed by atoms with Gasteiger partial charge in [-0.1, -0.05) is 12.1 Å². The van der Waals surface area contributed by atoms with Gasteiger partial charge in [-0.3, -0.25) is 0 Å². The molecule has 1 aromatic carbocycles. The van der Waals surface area contributed by atoms with Crippen molar-refractivity contribution >= 4 is 6.03 Å². The fourth-order valence-electron chi connectivity index (χ4n) is 1.66. The van der Waals surface area contributed by atoms with Gasteiger partial charge in [-0.15, -0.1) is 0 Å². The van der Waals surface area contributed by atoms with Crippen molar-refractivity contribution in [2.75, 3.05) is 40.3 Å². The van der Waals surface area contributed by atoms with Crippen LogP contribution in [0.3, 0.4) is 0 Å². The van der Waals surface area contributed by atoms with Crippen molar-refractivity contribution in [1.82, 2.24) is 15.5 Å². The normalized spacial score (nSPS) is 10.4. The summed E-state index contributed by atoms with van der Waals surface area (Å²) in [7, 11) is 3.94. The summed E-state index contributed by atoms with van der Waals surface area (Å²) in [6, 6.07) is 5.81. The molecule has 0 aliphatic rings. The molecule has 5 heteroatoms. The minimum absolute atomic E-state index is 0.156. The Hall–Kier alpha value is -1.75. The lowest BCUT2D eigenvalue weighted by atomic mass is 10.1. The minimum Gasteiger partial charge on any atom is -0.491 e. The lowest BCUT2D eigenvalue weighted by Crippen LogP contribution is -2.40. The highest BCUT2D eigenvalue weighted by atomic mass is 16.5. The monoisotopic (exact) mass is 279 g/mol. The van der Waals surface area contributed by atoms with E-state index < -0.39 is 0 Å². The fourth-order valence-corrected chi connectivity index (χ4v) is 1.66. The number of hydrogen-bond donors (Lipinski definition) is 2. The summed E-state index contributed by atoms with van der Waals surface area (Å²) in [6.07, 6.45) is 0. The van der Waals surface area contributed by atoms with Gasteiger partial charge in [0.2, 0.25) is 0 Å². The Labute approximate surface area is 121 Å². The second-order valence-corrected chi connectivity index (χ2v) is 5.03. The number of carbonyl (C=O) groups is 1. The van der Waals surface area contributed by atoms with Crippen molar-refractivity contribution in [3.8, 4) is 5.75 Å². The molecule has 0 heterocycles. The van der Waals surface area contributed by atoms with Crippen LogP contribution in [0.15, 0.2) is 18.2 Å². The lowest BCUT2D eigenvalue weighted by Gasteiger charge is -2.13. The van der Waals surface area contributed by atoms with E-state index in [2.05, 4.69) is 23.6 Å². The molecular formula is C15H25N3O2. The first-order valence-electron chi connectivity index (χ1n) is 6.86. The van der Waals surface area contributed by atoms with Crippen LogP contribution in [-0.2, 0) is 0 Å². The van der Waals surface area contributed by atoms with E-state index in [1.54, 1.807) is 0 Å². The molecule has 0 unspecified atom stereocenters. The Morgan fingerprint density at radius 2 is 1.90 bits per heavy atom. The average molecular weight is 279 g/mol. The zero-order chi connectivity index (χ0) is 15.0. The average Bonchev–Trinajstić information content (AvgIpc) is 2.39. The van der Waals surface area contributed by atoms with Gasteiger partial charge in [-0.05, 0) is 45.1 Å². The topological polar surface area (TPSA) is 53.6 Å². The lowest BCUT2D eigenvalue weighted by molar-refractivity contribution is 0.235. The maximum absolute atomic E-state index is 11.5. The summed E-state index contributed by atoms with van der Waals surface area (Å²) < 4.78 is 5.66. The molecule has 0 aliphatic carbocycles. The van der Waals surface area contributed by atoms with Gasteiger partial charge in [0.25, 0.3) is 0 Å². The predicted molar refractivity (Wildman–Crippen MR) is 81.4 cm³/mol. The molecule has 5 nitrogen and oxygen atoms in total. The molecule has 0 aliphatic heterocycles. The number of nitrogens with one attached hydrogen (secondary N) is 2. The van der Waals surface area contributed by atoms with Gasteiger partial charge in [0, 0.05) is 13.1 Å². The summed E-state index contributed by atoms with van der Waals surface area (Å²) in [5.41, 5.74) is 2.35. The number of urea groups is 1. The van der Waals surface area contributed by atoms with Crippen molar-refractivity contribution in [1.29, 1.82) is 0 Å². The van der Waals surface area contributed by atoms with Gasteiger partial charge in [0.05, 0.1) is 6.54 Å². The third-order valence-corrected chi connectivity index (χ3v) is 3.04. The second kappa shape index (κ2) is 8.43. The van der Waals surface area contributed by atoms with Crippen molar-refractivity contribution in [3.63, 3.8) is 0 Å². The minimum atomic E-state index is -0.156. The Morgan fingerprint density at radius 1 is 1.20 bits per heavy atom. The molecule has 1 aromatic rings. The molecule has 0 radical (unpaired) electrons. The van der Waals surface area contributed by atoms with Crippen LogP contribution in [0.25, 0.3) is 0 Å². The molecule has 0 saturated heterocycles. The predicted octanol–water partition coefficient (Wildman–Crippen LogP) is 1.54. The van der Waals surface area contributed by atoms with E-state index in [-0.39, 0.29) is 6.03 Å². The van der Waals surface area contributed by atoms with Crippen molar-refractivity contribution < 1.29 is 9.53 Å². The largest absolute Gasteiger partial charge is 0.491 e. The van der Waals surface area contributed by atoms with E-state index >= 15 is 0 Å². The van der Waals surface area contributed by atoms with E-state index in [4.69, 9.17) is 4.74 Å². The molecule has 112 valence electrons. The Morgan fingerprint density at radius 3 is 2.60 bits per heavy atom. The number of amides is 2. The zero-order valence-electron chi connectivity index (χ0n) is 12.8. The Bertz CT molecular complexity index is 433. The summed E-state index contributed by atoms with van der Waals surface area (Å²) in [4.78, 5) is 13.5. The van der Waals surface area contributed by atoms with E-state index in [9.17, 15) is 4.79 Å².